The van der Waals surface area contributed by atoms with Crippen LogP contribution < -0.4 is 5.32 Å². The molecule has 0 spiro atoms. The SMILES string of the molecule is CCCCNC(=O)C(C)N1CCC(C=O)CC1. The molecule has 1 saturated heterocycles. The molecule has 98 valence electrons. The van der Waals surface area contributed by atoms with E-state index < -0.39 is 0 Å². The Morgan fingerprint density at radius 3 is 2.65 bits per heavy atom. The van der Waals surface area contributed by atoms with Crippen molar-refractivity contribution in [2.75, 3.05) is 19.6 Å². The lowest BCUT2D eigenvalue weighted by Gasteiger charge is -2.33. The maximum atomic E-state index is 11.8. The van der Waals surface area contributed by atoms with Crippen molar-refractivity contribution in [1.29, 1.82) is 0 Å². The minimum absolute atomic E-state index is 0.0699. The monoisotopic (exact) mass is 240 g/mol. The number of carbonyl (C=O) groups is 2. The zero-order chi connectivity index (χ0) is 12.7. The summed E-state index contributed by atoms with van der Waals surface area (Å²) in [6, 6.07) is -0.0699. The van der Waals surface area contributed by atoms with Gasteiger partial charge in [0.1, 0.15) is 6.29 Å². The van der Waals surface area contributed by atoms with Gasteiger partial charge in [-0.05, 0) is 39.3 Å². The van der Waals surface area contributed by atoms with E-state index in [2.05, 4.69) is 17.1 Å². The molecule has 4 heteroatoms. The fourth-order valence-corrected chi connectivity index (χ4v) is 2.14. The van der Waals surface area contributed by atoms with Crippen molar-refractivity contribution in [3.8, 4) is 0 Å². The van der Waals surface area contributed by atoms with Gasteiger partial charge < -0.3 is 10.1 Å². The molecule has 1 amide bonds. The number of unbranched alkanes of at least 4 members (excludes halogenated alkanes) is 1. The Kier molecular flexibility index (Phi) is 6.19. The van der Waals surface area contributed by atoms with Crippen LogP contribution in [-0.2, 0) is 9.59 Å². The van der Waals surface area contributed by atoms with Crippen LogP contribution >= 0.6 is 0 Å². The van der Waals surface area contributed by atoms with Crippen molar-refractivity contribution in [3.05, 3.63) is 0 Å². The average molecular weight is 240 g/mol. The third kappa shape index (κ3) is 4.46. The van der Waals surface area contributed by atoms with E-state index in [9.17, 15) is 9.59 Å². The van der Waals surface area contributed by atoms with Gasteiger partial charge in [0, 0.05) is 12.5 Å². The first kappa shape index (κ1) is 14.2. The molecule has 1 N–H and O–H groups in total. The lowest BCUT2D eigenvalue weighted by atomic mass is 9.97. The number of rotatable bonds is 6. The Labute approximate surface area is 104 Å². The van der Waals surface area contributed by atoms with Crippen LogP contribution in [0.15, 0.2) is 0 Å². The molecule has 4 nitrogen and oxygen atoms in total. The molecule has 1 heterocycles. The van der Waals surface area contributed by atoms with Crippen molar-refractivity contribution >= 4 is 12.2 Å². The van der Waals surface area contributed by atoms with Crippen molar-refractivity contribution < 1.29 is 9.59 Å². The van der Waals surface area contributed by atoms with Crippen molar-refractivity contribution in [3.63, 3.8) is 0 Å². The Morgan fingerprint density at radius 2 is 2.12 bits per heavy atom. The molecule has 0 aromatic carbocycles. The van der Waals surface area contributed by atoms with Crippen molar-refractivity contribution in [1.82, 2.24) is 10.2 Å². The van der Waals surface area contributed by atoms with Gasteiger partial charge in [-0.15, -0.1) is 0 Å². The molecule has 1 fully saturated rings. The van der Waals surface area contributed by atoms with Gasteiger partial charge in [0.05, 0.1) is 6.04 Å². The summed E-state index contributed by atoms with van der Waals surface area (Å²) < 4.78 is 0. The molecule has 0 bridgehead atoms. The number of nitrogens with one attached hydrogen (secondary N) is 1. The van der Waals surface area contributed by atoms with E-state index in [1.165, 1.54) is 0 Å². The number of likely N-dealkylation sites (tertiary alicyclic amines) is 1. The first-order chi connectivity index (χ1) is 8.19. The first-order valence-electron chi connectivity index (χ1n) is 6.66. The summed E-state index contributed by atoms with van der Waals surface area (Å²) in [5.74, 6) is 0.310. The van der Waals surface area contributed by atoms with Gasteiger partial charge in [0.25, 0.3) is 0 Å². The number of hydrogen-bond acceptors (Lipinski definition) is 3. The third-order valence-corrected chi connectivity index (χ3v) is 3.52. The van der Waals surface area contributed by atoms with E-state index in [0.29, 0.717) is 0 Å². The summed E-state index contributed by atoms with van der Waals surface area (Å²) in [7, 11) is 0. The molecular weight excluding hydrogens is 216 g/mol. The molecule has 1 unspecified atom stereocenters. The third-order valence-electron chi connectivity index (χ3n) is 3.52. The normalized spacial score (nSPS) is 19.9. The second kappa shape index (κ2) is 7.43. The lowest BCUT2D eigenvalue weighted by molar-refractivity contribution is -0.126. The van der Waals surface area contributed by atoms with Crippen LogP contribution in [0.4, 0.5) is 0 Å². The minimum atomic E-state index is -0.0699. The molecule has 1 atom stereocenters. The number of hydrogen-bond donors (Lipinski definition) is 1. The Bertz CT molecular complexity index is 248. The fraction of sp³-hybridized carbons (Fsp3) is 0.846. The van der Waals surface area contributed by atoms with Gasteiger partial charge in [-0.3, -0.25) is 9.69 Å². The number of piperidine rings is 1. The summed E-state index contributed by atoms with van der Waals surface area (Å²) in [4.78, 5) is 24.7. The van der Waals surface area contributed by atoms with E-state index in [0.717, 1.165) is 51.6 Å². The highest BCUT2D eigenvalue weighted by Crippen LogP contribution is 2.16. The standard InChI is InChI=1S/C13H24N2O2/c1-3-4-7-14-13(17)11(2)15-8-5-12(10-16)6-9-15/h10-12H,3-9H2,1-2H3,(H,14,17). The Hall–Kier alpha value is -0.900. The highest BCUT2D eigenvalue weighted by Gasteiger charge is 2.25. The van der Waals surface area contributed by atoms with Crippen molar-refractivity contribution in [2.45, 2.75) is 45.6 Å². The van der Waals surface area contributed by atoms with E-state index in [1.54, 1.807) is 0 Å². The largest absolute Gasteiger partial charge is 0.355 e. The second-order valence-electron chi connectivity index (χ2n) is 4.83. The quantitative estimate of drug-likeness (QED) is 0.560. The predicted molar refractivity (Wildman–Crippen MR) is 67.7 cm³/mol. The zero-order valence-electron chi connectivity index (χ0n) is 10.9. The molecule has 1 rings (SSSR count). The molecule has 0 aromatic rings. The second-order valence-corrected chi connectivity index (χ2v) is 4.83. The van der Waals surface area contributed by atoms with E-state index in [4.69, 9.17) is 0 Å². The highest BCUT2D eigenvalue weighted by atomic mass is 16.2. The lowest BCUT2D eigenvalue weighted by Crippen LogP contribution is -2.48. The molecule has 0 aromatic heterocycles. The molecular formula is C13H24N2O2. The summed E-state index contributed by atoms with van der Waals surface area (Å²) in [6.45, 7) is 6.53. The maximum Gasteiger partial charge on any atom is 0.237 e. The summed E-state index contributed by atoms with van der Waals surface area (Å²) >= 11 is 0. The topological polar surface area (TPSA) is 49.4 Å². The molecule has 0 aliphatic carbocycles. The van der Waals surface area contributed by atoms with Crippen LogP contribution in [-0.4, -0.2) is 42.8 Å². The number of nitrogens with zero attached hydrogens (tertiary/aromatic N) is 1. The zero-order valence-corrected chi connectivity index (χ0v) is 10.9. The van der Waals surface area contributed by atoms with E-state index >= 15 is 0 Å². The van der Waals surface area contributed by atoms with Gasteiger partial charge >= 0.3 is 0 Å². The number of aldehydes is 1. The van der Waals surface area contributed by atoms with Crippen LogP contribution in [0.25, 0.3) is 0 Å². The Morgan fingerprint density at radius 1 is 1.47 bits per heavy atom. The smallest absolute Gasteiger partial charge is 0.237 e. The summed E-state index contributed by atoms with van der Waals surface area (Å²) in [5.41, 5.74) is 0. The molecule has 1 aliphatic heterocycles. The van der Waals surface area contributed by atoms with Gasteiger partial charge in [-0.25, -0.2) is 0 Å². The first-order valence-corrected chi connectivity index (χ1v) is 6.66. The average Bonchev–Trinajstić information content (AvgIpc) is 2.38. The van der Waals surface area contributed by atoms with Crippen LogP contribution in [0.5, 0.6) is 0 Å². The molecule has 0 radical (unpaired) electrons. The van der Waals surface area contributed by atoms with Crippen LogP contribution in [0.2, 0.25) is 0 Å². The van der Waals surface area contributed by atoms with Crippen molar-refractivity contribution in [2.24, 2.45) is 5.92 Å². The number of carbonyl (C=O) groups excluding carboxylic acids is 2. The minimum Gasteiger partial charge on any atom is -0.355 e. The predicted octanol–water partition coefficient (Wildman–Crippen LogP) is 1.20. The molecule has 0 saturated carbocycles. The van der Waals surface area contributed by atoms with Crippen LogP contribution in [0, 0.1) is 5.92 Å². The summed E-state index contributed by atoms with van der Waals surface area (Å²) in [6.07, 6.45) is 4.94. The van der Waals surface area contributed by atoms with Gasteiger partial charge in [-0.1, -0.05) is 13.3 Å². The Balaban J connectivity index is 2.29. The van der Waals surface area contributed by atoms with Crippen LogP contribution in [0.1, 0.15) is 39.5 Å². The molecule has 17 heavy (non-hydrogen) atoms. The van der Waals surface area contributed by atoms with Crippen LogP contribution in [0.3, 0.4) is 0 Å². The molecule has 1 aliphatic rings. The van der Waals surface area contributed by atoms with Gasteiger partial charge in [0.2, 0.25) is 5.91 Å². The van der Waals surface area contributed by atoms with E-state index in [1.807, 2.05) is 6.92 Å². The number of amides is 1. The maximum absolute atomic E-state index is 11.8. The van der Waals surface area contributed by atoms with Gasteiger partial charge in [-0.2, -0.15) is 0 Å². The van der Waals surface area contributed by atoms with Gasteiger partial charge in [0.15, 0.2) is 0 Å². The summed E-state index contributed by atoms with van der Waals surface area (Å²) in [5, 5.41) is 2.96. The fourth-order valence-electron chi connectivity index (χ4n) is 2.14. The van der Waals surface area contributed by atoms with E-state index in [-0.39, 0.29) is 17.9 Å². The highest BCUT2D eigenvalue weighted by molar-refractivity contribution is 5.81.